The Morgan fingerprint density at radius 1 is 1.33 bits per heavy atom. The summed E-state index contributed by atoms with van der Waals surface area (Å²) in [5.41, 5.74) is 4.35. The lowest BCUT2D eigenvalue weighted by molar-refractivity contribution is -0.385. The normalized spacial score (nSPS) is 12.0. The average molecular weight is 389 g/mol. The fourth-order valence-corrected chi connectivity index (χ4v) is 3.02. The highest BCUT2D eigenvalue weighted by Gasteiger charge is 2.17. The van der Waals surface area contributed by atoms with Crippen LogP contribution < -0.4 is 10.2 Å². The predicted molar refractivity (Wildman–Crippen MR) is 102 cm³/mol. The maximum Gasteiger partial charge on any atom is 0.311 e. The SMILES string of the molecule is COc1ccc(/C=N\NC(=O)[C@H](C)Sc2nc(C)cc(C)n2)cc1[N+](=O)[O-]. The highest BCUT2D eigenvalue weighted by atomic mass is 32.2. The topological polar surface area (TPSA) is 120 Å². The number of aryl methyl sites for hydroxylation is 2. The second kappa shape index (κ2) is 9.08. The predicted octanol–water partition coefficient (Wildman–Crippen LogP) is 2.64. The van der Waals surface area contributed by atoms with Crippen molar-refractivity contribution in [3.63, 3.8) is 0 Å². The van der Waals surface area contributed by atoms with Crippen molar-refractivity contribution in [2.45, 2.75) is 31.2 Å². The van der Waals surface area contributed by atoms with Crippen molar-refractivity contribution in [1.29, 1.82) is 0 Å². The Morgan fingerprint density at radius 3 is 2.59 bits per heavy atom. The van der Waals surface area contributed by atoms with E-state index >= 15 is 0 Å². The highest BCUT2D eigenvalue weighted by molar-refractivity contribution is 8.00. The second-order valence-corrected chi connectivity index (χ2v) is 6.92. The Morgan fingerprint density at radius 2 is 2.00 bits per heavy atom. The van der Waals surface area contributed by atoms with Crippen LogP contribution in [-0.4, -0.2) is 39.4 Å². The van der Waals surface area contributed by atoms with Gasteiger partial charge < -0.3 is 4.74 Å². The van der Waals surface area contributed by atoms with Gasteiger partial charge in [0.15, 0.2) is 10.9 Å². The third-order valence-corrected chi connectivity index (χ3v) is 4.36. The summed E-state index contributed by atoms with van der Waals surface area (Å²) in [6, 6.07) is 6.24. The van der Waals surface area contributed by atoms with E-state index in [1.807, 2.05) is 19.9 Å². The molecule has 10 heteroatoms. The van der Waals surface area contributed by atoms with Gasteiger partial charge in [-0.25, -0.2) is 15.4 Å². The first-order chi connectivity index (χ1) is 12.8. The molecule has 1 atom stereocenters. The van der Waals surface area contributed by atoms with Crippen LogP contribution in [0.1, 0.15) is 23.9 Å². The lowest BCUT2D eigenvalue weighted by Crippen LogP contribution is -2.27. The van der Waals surface area contributed by atoms with E-state index in [4.69, 9.17) is 4.74 Å². The minimum absolute atomic E-state index is 0.152. The first-order valence-electron chi connectivity index (χ1n) is 7.94. The van der Waals surface area contributed by atoms with Crippen LogP contribution in [0.4, 0.5) is 5.69 Å². The van der Waals surface area contributed by atoms with E-state index in [0.29, 0.717) is 10.7 Å². The summed E-state index contributed by atoms with van der Waals surface area (Å²) in [7, 11) is 1.36. The maximum absolute atomic E-state index is 12.2. The van der Waals surface area contributed by atoms with Crippen LogP contribution in [-0.2, 0) is 4.79 Å². The van der Waals surface area contributed by atoms with Crippen LogP contribution in [0.15, 0.2) is 34.5 Å². The van der Waals surface area contributed by atoms with Crippen molar-refractivity contribution in [3.05, 3.63) is 51.3 Å². The molecule has 2 aromatic rings. The van der Waals surface area contributed by atoms with Crippen molar-refractivity contribution in [1.82, 2.24) is 15.4 Å². The van der Waals surface area contributed by atoms with Gasteiger partial charge in [0, 0.05) is 23.0 Å². The number of nitrogens with zero attached hydrogens (tertiary/aromatic N) is 4. The van der Waals surface area contributed by atoms with E-state index in [0.717, 1.165) is 11.4 Å². The average Bonchev–Trinajstić information content (AvgIpc) is 2.60. The number of hydrogen-bond acceptors (Lipinski definition) is 8. The van der Waals surface area contributed by atoms with Crippen LogP contribution in [0, 0.1) is 24.0 Å². The van der Waals surface area contributed by atoms with Crippen LogP contribution in [0.2, 0.25) is 0 Å². The monoisotopic (exact) mass is 389 g/mol. The highest BCUT2D eigenvalue weighted by Crippen LogP contribution is 2.26. The minimum Gasteiger partial charge on any atom is -0.490 e. The van der Waals surface area contributed by atoms with Crippen molar-refractivity contribution in [3.8, 4) is 5.75 Å². The molecule has 9 nitrogen and oxygen atoms in total. The van der Waals surface area contributed by atoms with E-state index in [1.165, 1.54) is 37.2 Å². The number of thioether (sulfide) groups is 1. The summed E-state index contributed by atoms with van der Waals surface area (Å²) < 4.78 is 4.94. The molecule has 1 heterocycles. The van der Waals surface area contributed by atoms with E-state index in [9.17, 15) is 14.9 Å². The van der Waals surface area contributed by atoms with Gasteiger partial charge in [0.05, 0.1) is 23.5 Å². The van der Waals surface area contributed by atoms with E-state index in [2.05, 4.69) is 20.5 Å². The zero-order chi connectivity index (χ0) is 20.0. The number of methoxy groups -OCH3 is 1. The number of carbonyl (C=O) groups is 1. The van der Waals surface area contributed by atoms with Crippen molar-refractivity contribution < 1.29 is 14.5 Å². The fourth-order valence-electron chi connectivity index (χ4n) is 2.15. The molecule has 0 unspecified atom stereocenters. The number of nitrogens with one attached hydrogen (secondary N) is 1. The molecular formula is C17H19N5O4S. The number of hydrogen-bond donors (Lipinski definition) is 1. The molecule has 142 valence electrons. The molecule has 1 amide bonds. The molecule has 1 N–H and O–H groups in total. The fraction of sp³-hybridized carbons (Fsp3) is 0.294. The first-order valence-corrected chi connectivity index (χ1v) is 8.82. The van der Waals surface area contributed by atoms with Crippen LogP contribution in [0.5, 0.6) is 5.75 Å². The lowest BCUT2D eigenvalue weighted by atomic mass is 10.2. The van der Waals surface area contributed by atoms with Gasteiger partial charge in [-0.05, 0) is 39.0 Å². The molecule has 0 aliphatic heterocycles. The number of nitro groups is 1. The molecule has 0 radical (unpaired) electrons. The third kappa shape index (κ3) is 5.74. The minimum atomic E-state index is -0.544. The molecule has 0 saturated carbocycles. The number of benzene rings is 1. The second-order valence-electron chi connectivity index (χ2n) is 5.62. The van der Waals surface area contributed by atoms with E-state index < -0.39 is 10.2 Å². The molecule has 0 spiro atoms. The summed E-state index contributed by atoms with van der Waals surface area (Å²) in [5, 5.41) is 14.9. The Kier molecular flexibility index (Phi) is 6.83. The van der Waals surface area contributed by atoms with E-state index in [-0.39, 0.29) is 17.3 Å². The number of aromatic nitrogens is 2. The molecule has 1 aromatic carbocycles. The third-order valence-electron chi connectivity index (χ3n) is 3.40. The number of rotatable bonds is 7. The molecule has 0 saturated heterocycles. The number of ether oxygens (including phenoxy) is 1. The summed E-state index contributed by atoms with van der Waals surface area (Å²) >= 11 is 1.22. The Hall–Kier alpha value is -3.01. The molecular weight excluding hydrogens is 370 g/mol. The Balaban J connectivity index is 1.99. The van der Waals surface area contributed by atoms with E-state index in [1.54, 1.807) is 13.0 Å². The smallest absolute Gasteiger partial charge is 0.311 e. The number of nitro benzene ring substituents is 1. The van der Waals surface area contributed by atoms with Gasteiger partial charge >= 0.3 is 5.69 Å². The molecule has 0 aliphatic carbocycles. The number of carbonyl (C=O) groups excluding carboxylic acids is 1. The molecule has 0 fully saturated rings. The zero-order valence-corrected chi connectivity index (χ0v) is 16.1. The van der Waals surface area contributed by atoms with Crippen molar-refractivity contribution in [2.75, 3.05) is 7.11 Å². The van der Waals surface area contributed by atoms with Gasteiger partial charge in [-0.2, -0.15) is 5.10 Å². The molecule has 27 heavy (non-hydrogen) atoms. The quantitative estimate of drug-likeness (QED) is 0.254. The molecule has 0 aliphatic rings. The Bertz CT molecular complexity index is 867. The Labute approximate surface area is 160 Å². The van der Waals surface area contributed by atoms with Gasteiger partial charge in [-0.1, -0.05) is 11.8 Å². The van der Waals surface area contributed by atoms with Gasteiger partial charge in [-0.15, -0.1) is 0 Å². The number of hydrazone groups is 1. The first kappa shape index (κ1) is 20.3. The van der Waals surface area contributed by atoms with Crippen molar-refractivity contribution >= 4 is 29.6 Å². The van der Waals surface area contributed by atoms with Gasteiger partial charge in [-0.3, -0.25) is 14.9 Å². The molecule has 0 bridgehead atoms. The molecule has 2 rings (SSSR count). The maximum atomic E-state index is 12.2. The standard InChI is InChI=1S/C17H19N5O4S/c1-10-7-11(2)20-17(19-10)27-12(3)16(23)21-18-9-13-5-6-15(26-4)14(8-13)22(24)25/h5-9,12H,1-4H3,(H,21,23)/b18-9-/t12-/m0/s1. The van der Waals surface area contributed by atoms with Gasteiger partial charge in [0.25, 0.3) is 5.91 Å². The lowest BCUT2D eigenvalue weighted by Gasteiger charge is -2.09. The number of amides is 1. The van der Waals surface area contributed by atoms with Gasteiger partial charge in [0.2, 0.25) is 0 Å². The summed E-state index contributed by atoms with van der Waals surface area (Å²) in [5.74, 6) is -0.179. The van der Waals surface area contributed by atoms with Crippen LogP contribution >= 0.6 is 11.8 Å². The summed E-state index contributed by atoms with van der Waals surface area (Å²) in [4.78, 5) is 31.2. The zero-order valence-electron chi connectivity index (χ0n) is 15.3. The van der Waals surface area contributed by atoms with Crippen molar-refractivity contribution in [2.24, 2.45) is 5.10 Å². The summed E-state index contributed by atoms with van der Waals surface area (Å²) in [6.45, 7) is 5.44. The largest absolute Gasteiger partial charge is 0.490 e. The van der Waals surface area contributed by atoms with Crippen LogP contribution in [0.3, 0.4) is 0 Å². The molecule has 1 aromatic heterocycles. The summed E-state index contributed by atoms with van der Waals surface area (Å²) in [6.07, 6.45) is 1.33. The van der Waals surface area contributed by atoms with Gasteiger partial charge in [0.1, 0.15) is 0 Å². The van der Waals surface area contributed by atoms with Crippen LogP contribution in [0.25, 0.3) is 0 Å².